The lowest BCUT2D eigenvalue weighted by atomic mass is 10.1. The minimum atomic E-state index is 0.0188. The number of carbonyl (C=O) groups excluding carboxylic acids is 1. The summed E-state index contributed by atoms with van der Waals surface area (Å²) in [4.78, 5) is 14.2. The van der Waals surface area contributed by atoms with Gasteiger partial charge in [0.2, 0.25) is 5.91 Å². The summed E-state index contributed by atoms with van der Waals surface area (Å²) in [5.41, 5.74) is 0. The van der Waals surface area contributed by atoms with E-state index in [1.807, 2.05) is 6.92 Å². The first-order valence-electron chi connectivity index (χ1n) is 6.00. The van der Waals surface area contributed by atoms with Crippen LogP contribution >= 0.6 is 15.9 Å². The van der Waals surface area contributed by atoms with Gasteiger partial charge in [0.15, 0.2) is 0 Å². The molecule has 1 atom stereocenters. The summed E-state index contributed by atoms with van der Waals surface area (Å²) in [6.45, 7) is 7.40. The van der Waals surface area contributed by atoms with Crippen molar-refractivity contribution in [2.45, 2.75) is 57.3 Å². The zero-order valence-electron chi connectivity index (χ0n) is 10.0. The van der Waals surface area contributed by atoms with E-state index in [1.165, 1.54) is 12.8 Å². The molecule has 1 fully saturated rings. The van der Waals surface area contributed by atoms with Gasteiger partial charge in [-0.1, -0.05) is 36.7 Å². The summed E-state index contributed by atoms with van der Waals surface area (Å²) in [7, 11) is 0. The van der Waals surface area contributed by atoms with Gasteiger partial charge in [0.1, 0.15) is 0 Å². The second-order valence-electron chi connectivity index (χ2n) is 4.82. The summed E-state index contributed by atoms with van der Waals surface area (Å²) in [5.74, 6) is 0.968. The fourth-order valence-electron chi connectivity index (χ4n) is 1.61. The lowest BCUT2D eigenvalue weighted by molar-refractivity contribution is -0.131. The van der Waals surface area contributed by atoms with Gasteiger partial charge in [0, 0.05) is 12.6 Å². The molecule has 0 aromatic rings. The smallest absolute Gasteiger partial charge is 0.236 e. The van der Waals surface area contributed by atoms with E-state index in [0.29, 0.717) is 17.9 Å². The number of carbonyl (C=O) groups is 1. The summed E-state index contributed by atoms with van der Waals surface area (Å²) in [6.07, 6.45) is 4.40. The number of amides is 1. The first-order valence-corrected chi connectivity index (χ1v) is 6.92. The fourth-order valence-corrected chi connectivity index (χ4v) is 1.87. The second-order valence-corrected chi connectivity index (χ2v) is 5.93. The normalized spacial score (nSPS) is 17.9. The summed E-state index contributed by atoms with van der Waals surface area (Å²) in [5, 5.41) is 0. The third-order valence-corrected chi connectivity index (χ3v) is 3.88. The molecular formula is C12H22BrNO. The molecule has 1 aliphatic rings. The molecular weight excluding hydrogens is 254 g/mol. The molecule has 1 rings (SSSR count). The zero-order valence-corrected chi connectivity index (χ0v) is 11.6. The van der Waals surface area contributed by atoms with Crippen molar-refractivity contribution in [3.8, 4) is 0 Å². The highest BCUT2D eigenvalue weighted by Gasteiger charge is 2.34. The van der Waals surface area contributed by atoms with Crippen LogP contribution in [0.2, 0.25) is 0 Å². The molecule has 1 unspecified atom stereocenters. The lowest BCUT2D eigenvalue weighted by Crippen LogP contribution is -2.39. The van der Waals surface area contributed by atoms with Crippen LogP contribution in [0, 0.1) is 5.92 Å². The van der Waals surface area contributed by atoms with Gasteiger partial charge in [0.25, 0.3) is 0 Å². The van der Waals surface area contributed by atoms with E-state index in [4.69, 9.17) is 0 Å². The minimum absolute atomic E-state index is 0.0188. The number of halogens is 1. The van der Waals surface area contributed by atoms with Gasteiger partial charge in [0.05, 0.1) is 4.83 Å². The maximum Gasteiger partial charge on any atom is 0.236 e. The molecule has 0 aromatic heterocycles. The molecule has 0 aromatic carbocycles. The molecule has 0 spiro atoms. The molecule has 1 amide bonds. The van der Waals surface area contributed by atoms with E-state index >= 15 is 0 Å². The molecule has 88 valence electrons. The van der Waals surface area contributed by atoms with Crippen LogP contribution in [0.3, 0.4) is 0 Å². The first kappa shape index (κ1) is 13.0. The first-order chi connectivity index (χ1) is 7.06. The summed E-state index contributed by atoms with van der Waals surface area (Å²) >= 11 is 3.45. The third kappa shape index (κ3) is 4.13. The number of hydrogen-bond donors (Lipinski definition) is 0. The van der Waals surface area contributed by atoms with Crippen LogP contribution in [0.1, 0.15) is 46.5 Å². The van der Waals surface area contributed by atoms with E-state index in [0.717, 1.165) is 19.4 Å². The Labute approximate surface area is 102 Å². The zero-order chi connectivity index (χ0) is 11.4. The molecule has 1 saturated carbocycles. The van der Waals surface area contributed by atoms with Gasteiger partial charge in [-0.25, -0.2) is 0 Å². The molecule has 0 bridgehead atoms. The Morgan fingerprint density at radius 3 is 2.47 bits per heavy atom. The van der Waals surface area contributed by atoms with E-state index < -0.39 is 0 Å². The van der Waals surface area contributed by atoms with Crippen LogP contribution in [-0.2, 0) is 4.79 Å². The monoisotopic (exact) mass is 275 g/mol. The van der Waals surface area contributed by atoms with Crippen molar-refractivity contribution in [1.29, 1.82) is 0 Å². The van der Waals surface area contributed by atoms with Crippen molar-refractivity contribution < 1.29 is 4.79 Å². The Balaban J connectivity index is 2.45. The number of hydrogen-bond acceptors (Lipinski definition) is 1. The lowest BCUT2D eigenvalue weighted by Gasteiger charge is -2.25. The average molecular weight is 276 g/mol. The van der Waals surface area contributed by atoms with E-state index in [9.17, 15) is 4.79 Å². The number of alkyl halides is 1. The highest BCUT2D eigenvalue weighted by Crippen LogP contribution is 2.29. The second kappa shape index (κ2) is 5.88. The number of rotatable bonds is 6. The van der Waals surface area contributed by atoms with Crippen LogP contribution in [-0.4, -0.2) is 28.2 Å². The molecule has 2 nitrogen and oxygen atoms in total. The maximum atomic E-state index is 12.0. The minimum Gasteiger partial charge on any atom is -0.339 e. The van der Waals surface area contributed by atoms with Crippen LogP contribution in [0.15, 0.2) is 0 Å². The molecule has 0 radical (unpaired) electrons. The molecule has 0 N–H and O–H groups in total. The van der Waals surface area contributed by atoms with Crippen molar-refractivity contribution in [3.05, 3.63) is 0 Å². The molecule has 15 heavy (non-hydrogen) atoms. The maximum absolute atomic E-state index is 12.0. The van der Waals surface area contributed by atoms with Gasteiger partial charge in [-0.05, 0) is 31.6 Å². The van der Waals surface area contributed by atoms with Crippen LogP contribution in [0.25, 0.3) is 0 Å². The largest absolute Gasteiger partial charge is 0.339 e. The van der Waals surface area contributed by atoms with Gasteiger partial charge in [-0.3, -0.25) is 4.79 Å². The van der Waals surface area contributed by atoms with Crippen LogP contribution in [0.5, 0.6) is 0 Å². The molecule has 0 saturated heterocycles. The number of nitrogens with zero attached hydrogens (tertiary/aromatic N) is 1. The van der Waals surface area contributed by atoms with E-state index in [2.05, 4.69) is 34.7 Å². The van der Waals surface area contributed by atoms with Crippen LogP contribution < -0.4 is 0 Å². The van der Waals surface area contributed by atoms with Gasteiger partial charge in [-0.2, -0.15) is 0 Å². The molecule has 1 aliphatic carbocycles. The van der Waals surface area contributed by atoms with Crippen molar-refractivity contribution >= 4 is 21.8 Å². The van der Waals surface area contributed by atoms with Crippen LogP contribution in [0.4, 0.5) is 0 Å². The average Bonchev–Trinajstić information content (AvgIpc) is 3.00. The SMILES string of the molecule is CCC(Br)C(=O)N(CCC(C)C)C1CC1. The predicted octanol–water partition coefficient (Wildman–Crippen LogP) is 3.20. The molecule has 0 heterocycles. The standard InChI is InChI=1S/C12H22BrNO/c1-4-11(13)12(15)14(10-5-6-10)8-7-9(2)3/h9-11H,4-8H2,1-3H3. The quantitative estimate of drug-likeness (QED) is 0.682. The Kier molecular flexibility index (Phi) is 5.10. The van der Waals surface area contributed by atoms with Gasteiger partial charge in [-0.15, -0.1) is 0 Å². The molecule has 3 heteroatoms. The van der Waals surface area contributed by atoms with Gasteiger partial charge < -0.3 is 4.90 Å². The van der Waals surface area contributed by atoms with Crippen molar-refractivity contribution in [2.24, 2.45) is 5.92 Å². The van der Waals surface area contributed by atoms with Crippen molar-refractivity contribution in [3.63, 3.8) is 0 Å². The predicted molar refractivity (Wildman–Crippen MR) is 67.2 cm³/mol. The van der Waals surface area contributed by atoms with E-state index in [-0.39, 0.29) is 4.83 Å². The fraction of sp³-hybridized carbons (Fsp3) is 0.917. The van der Waals surface area contributed by atoms with Gasteiger partial charge >= 0.3 is 0 Å². The van der Waals surface area contributed by atoms with Crippen molar-refractivity contribution in [2.75, 3.05) is 6.54 Å². The Morgan fingerprint density at radius 1 is 1.47 bits per heavy atom. The highest BCUT2D eigenvalue weighted by molar-refractivity contribution is 9.10. The Bertz CT molecular complexity index is 214. The Morgan fingerprint density at radius 2 is 2.07 bits per heavy atom. The Hall–Kier alpha value is -0.0500. The third-order valence-electron chi connectivity index (χ3n) is 2.84. The summed E-state index contributed by atoms with van der Waals surface area (Å²) < 4.78 is 0. The topological polar surface area (TPSA) is 20.3 Å². The summed E-state index contributed by atoms with van der Waals surface area (Å²) in [6, 6.07) is 0.544. The van der Waals surface area contributed by atoms with Crippen molar-refractivity contribution in [1.82, 2.24) is 4.90 Å². The highest BCUT2D eigenvalue weighted by atomic mass is 79.9. The van der Waals surface area contributed by atoms with E-state index in [1.54, 1.807) is 0 Å². The molecule has 0 aliphatic heterocycles.